The molecule has 0 bridgehead atoms. The molecule has 0 unspecified atom stereocenters. The van der Waals surface area contributed by atoms with Crippen LogP contribution in [0, 0.1) is 0 Å². The molecule has 0 aromatic carbocycles. The Balaban J connectivity index is 1.46. The molecular formula is C18H25FN4O2. The summed E-state index contributed by atoms with van der Waals surface area (Å²) in [5.74, 6) is 0.709. The van der Waals surface area contributed by atoms with Gasteiger partial charge in [0.15, 0.2) is 5.83 Å². The SMILES string of the molecule is COC1=CC(CNC(=O)N2CCN(C3=C(F)C=NCC3)CC2)=CCC1. The molecule has 0 saturated carbocycles. The molecule has 3 aliphatic rings. The number of allylic oxidation sites excluding steroid dienone is 3. The smallest absolute Gasteiger partial charge is 0.317 e. The number of halogens is 1. The van der Waals surface area contributed by atoms with E-state index < -0.39 is 0 Å². The maximum Gasteiger partial charge on any atom is 0.317 e. The molecule has 0 spiro atoms. The first-order valence-electron chi connectivity index (χ1n) is 8.77. The molecule has 0 radical (unpaired) electrons. The summed E-state index contributed by atoms with van der Waals surface area (Å²) in [5.41, 5.74) is 1.79. The summed E-state index contributed by atoms with van der Waals surface area (Å²) in [7, 11) is 1.67. The van der Waals surface area contributed by atoms with Crippen LogP contribution in [-0.4, -0.2) is 68.4 Å². The fourth-order valence-electron chi connectivity index (χ4n) is 3.31. The second-order valence-electron chi connectivity index (χ2n) is 6.35. The van der Waals surface area contributed by atoms with Gasteiger partial charge in [-0.3, -0.25) is 4.99 Å². The lowest BCUT2D eigenvalue weighted by Crippen LogP contribution is -2.51. The standard InChI is InChI=1S/C18H25FN4O2/c1-25-15-4-2-3-14(11-15)12-21-18(24)23-9-7-22(8-10-23)17-5-6-20-13-16(17)19/h3,11,13H,2,4-10,12H2,1H3,(H,21,24). The first kappa shape index (κ1) is 17.5. The summed E-state index contributed by atoms with van der Waals surface area (Å²) in [6, 6.07) is -0.0712. The molecule has 25 heavy (non-hydrogen) atoms. The van der Waals surface area contributed by atoms with Gasteiger partial charge in [-0.1, -0.05) is 6.08 Å². The average Bonchev–Trinajstić information content (AvgIpc) is 2.67. The molecule has 3 rings (SSSR count). The molecule has 6 nitrogen and oxygen atoms in total. The average molecular weight is 348 g/mol. The van der Waals surface area contributed by atoms with Crippen molar-refractivity contribution in [2.24, 2.45) is 4.99 Å². The second-order valence-corrected chi connectivity index (χ2v) is 6.35. The van der Waals surface area contributed by atoms with Gasteiger partial charge >= 0.3 is 6.03 Å². The van der Waals surface area contributed by atoms with E-state index in [2.05, 4.69) is 16.4 Å². The topological polar surface area (TPSA) is 57.2 Å². The van der Waals surface area contributed by atoms with Gasteiger partial charge in [-0.15, -0.1) is 0 Å². The Morgan fingerprint density at radius 3 is 2.84 bits per heavy atom. The lowest BCUT2D eigenvalue weighted by atomic mass is 10.1. The number of rotatable bonds is 4. The zero-order valence-electron chi connectivity index (χ0n) is 14.6. The molecule has 1 N–H and O–H groups in total. The minimum atomic E-state index is -0.242. The predicted octanol–water partition coefficient (Wildman–Crippen LogP) is 2.22. The summed E-state index contributed by atoms with van der Waals surface area (Å²) in [5, 5.41) is 2.96. The fraction of sp³-hybridized carbons (Fsp3) is 0.556. The van der Waals surface area contributed by atoms with Gasteiger partial charge in [-0.2, -0.15) is 0 Å². The number of carbonyl (C=O) groups excluding carboxylic acids is 1. The van der Waals surface area contributed by atoms with Crippen molar-refractivity contribution >= 4 is 12.2 Å². The van der Waals surface area contributed by atoms with Crippen LogP contribution in [-0.2, 0) is 4.74 Å². The van der Waals surface area contributed by atoms with E-state index in [1.807, 2.05) is 11.0 Å². The first-order valence-corrected chi connectivity index (χ1v) is 8.77. The third-order valence-corrected chi connectivity index (χ3v) is 4.76. The minimum absolute atomic E-state index is 0.0712. The van der Waals surface area contributed by atoms with Crippen LogP contribution in [0.15, 0.2) is 40.0 Å². The highest BCUT2D eigenvalue weighted by Gasteiger charge is 2.24. The van der Waals surface area contributed by atoms with Crippen LogP contribution >= 0.6 is 0 Å². The maximum absolute atomic E-state index is 13.8. The minimum Gasteiger partial charge on any atom is -0.501 e. The Bertz CT molecular complexity index is 631. The summed E-state index contributed by atoms with van der Waals surface area (Å²) >= 11 is 0. The summed E-state index contributed by atoms with van der Waals surface area (Å²) in [4.78, 5) is 20.1. The largest absolute Gasteiger partial charge is 0.501 e. The number of piperazine rings is 1. The van der Waals surface area contributed by atoms with Crippen molar-refractivity contribution in [3.8, 4) is 0 Å². The van der Waals surface area contributed by atoms with Gasteiger partial charge < -0.3 is 19.9 Å². The predicted molar refractivity (Wildman–Crippen MR) is 95.1 cm³/mol. The third-order valence-electron chi connectivity index (χ3n) is 4.76. The summed E-state index contributed by atoms with van der Waals surface area (Å²) < 4.78 is 19.1. The van der Waals surface area contributed by atoms with Crippen molar-refractivity contribution in [2.45, 2.75) is 19.3 Å². The number of methoxy groups -OCH3 is 1. The van der Waals surface area contributed by atoms with E-state index in [4.69, 9.17) is 4.74 Å². The van der Waals surface area contributed by atoms with Crippen molar-refractivity contribution in [1.82, 2.24) is 15.1 Å². The quantitative estimate of drug-likeness (QED) is 0.848. The van der Waals surface area contributed by atoms with Gasteiger partial charge in [0.25, 0.3) is 0 Å². The van der Waals surface area contributed by atoms with Gasteiger partial charge in [0.1, 0.15) is 0 Å². The number of nitrogens with zero attached hydrogens (tertiary/aromatic N) is 3. The Hall–Kier alpha value is -2.31. The molecule has 2 amide bonds. The van der Waals surface area contributed by atoms with Crippen molar-refractivity contribution in [1.29, 1.82) is 0 Å². The zero-order chi connectivity index (χ0) is 17.6. The monoisotopic (exact) mass is 348 g/mol. The number of urea groups is 1. The van der Waals surface area contributed by atoms with Crippen LogP contribution in [0.4, 0.5) is 9.18 Å². The van der Waals surface area contributed by atoms with E-state index in [1.165, 1.54) is 6.21 Å². The van der Waals surface area contributed by atoms with Crippen molar-refractivity contribution in [2.75, 3.05) is 46.4 Å². The van der Waals surface area contributed by atoms with E-state index in [-0.39, 0.29) is 11.9 Å². The Morgan fingerprint density at radius 2 is 2.12 bits per heavy atom. The number of dihydropyridines is 1. The van der Waals surface area contributed by atoms with Gasteiger partial charge in [-0.05, 0) is 18.1 Å². The maximum atomic E-state index is 13.8. The van der Waals surface area contributed by atoms with E-state index >= 15 is 0 Å². The number of aliphatic imine (C=N–C) groups is 1. The fourth-order valence-corrected chi connectivity index (χ4v) is 3.31. The van der Waals surface area contributed by atoms with Crippen LogP contribution in [0.5, 0.6) is 0 Å². The van der Waals surface area contributed by atoms with Gasteiger partial charge in [0, 0.05) is 52.1 Å². The van der Waals surface area contributed by atoms with Crippen LogP contribution in [0.3, 0.4) is 0 Å². The zero-order valence-corrected chi connectivity index (χ0v) is 14.6. The Morgan fingerprint density at radius 1 is 1.32 bits per heavy atom. The van der Waals surface area contributed by atoms with Crippen LogP contribution < -0.4 is 5.32 Å². The highest BCUT2D eigenvalue weighted by molar-refractivity contribution is 5.77. The van der Waals surface area contributed by atoms with Gasteiger partial charge in [-0.25, -0.2) is 9.18 Å². The molecule has 136 valence electrons. The van der Waals surface area contributed by atoms with Gasteiger partial charge in [0.2, 0.25) is 0 Å². The molecule has 0 aromatic heterocycles. The van der Waals surface area contributed by atoms with E-state index in [1.54, 1.807) is 12.0 Å². The molecule has 1 saturated heterocycles. The van der Waals surface area contributed by atoms with E-state index in [0.29, 0.717) is 45.7 Å². The van der Waals surface area contributed by atoms with Crippen molar-refractivity contribution in [3.05, 3.63) is 35.0 Å². The number of hydrogen-bond acceptors (Lipinski definition) is 4. The molecule has 2 heterocycles. The van der Waals surface area contributed by atoms with Crippen LogP contribution in [0.2, 0.25) is 0 Å². The normalized spacial score (nSPS) is 21.0. The first-order chi connectivity index (χ1) is 12.2. The van der Waals surface area contributed by atoms with Crippen LogP contribution in [0.1, 0.15) is 19.3 Å². The third kappa shape index (κ3) is 4.41. The van der Waals surface area contributed by atoms with Crippen LogP contribution in [0.25, 0.3) is 0 Å². The molecule has 1 aliphatic carbocycles. The summed E-state index contributed by atoms with van der Waals surface area (Å²) in [6.07, 6.45) is 7.90. The number of hydrogen-bond donors (Lipinski definition) is 1. The molecule has 2 aliphatic heterocycles. The number of nitrogens with one attached hydrogen (secondary N) is 1. The van der Waals surface area contributed by atoms with Gasteiger partial charge in [0.05, 0.1) is 24.8 Å². The number of ether oxygens (including phenoxy) is 1. The van der Waals surface area contributed by atoms with E-state index in [0.717, 1.165) is 29.9 Å². The van der Waals surface area contributed by atoms with Crippen molar-refractivity contribution < 1.29 is 13.9 Å². The summed E-state index contributed by atoms with van der Waals surface area (Å²) in [6.45, 7) is 3.63. The molecule has 7 heteroatoms. The highest BCUT2D eigenvalue weighted by atomic mass is 19.1. The highest BCUT2D eigenvalue weighted by Crippen LogP contribution is 2.20. The number of carbonyl (C=O) groups is 1. The lowest BCUT2D eigenvalue weighted by Gasteiger charge is -2.37. The number of amides is 2. The Kier molecular flexibility index (Phi) is 5.73. The second kappa shape index (κ2) is 8.18. The van der Waals surface area contributed by atoms with Crippen molar-refractivity contribution in [3.63, 3.8) is 0 Å². The Labute approximate surface area is 147 Å². The molecular weight excluding hydrogens is 323 g/mol. The molecule has 1 fully saturated rings. The molecule has 0 aromatic rings. The molecule has 0 atom stereocenters. The van der Waals surface area contributed by atoms with E-state index in [9.17, 15) is 9.18 Å². The lowest BCUT2D eigenvalue weighted by molar-refractivity contribution is 0.154.